The summed E-state index contributed by atoms with van der Waals surface area (Å²) in [6.07, 6.45) is 0. The topological polar surface area (TPSA) is 121 Å². The van der Waals surface area contributed by atoms with E-state index in [0.717, 1.165) is 48.7 Å². The Balaban J connectivity index is 1.40. The van der Waals surface area contributed by atoms with Crippen LogP contribution in [0.3, 0.4) is 0 Å². The minimum absolute atomic E-state index is 0.0956. The van der Waals surface area contributed by atoms with Gasteiger partial charge < -0.3 is 25.2 Å². The third kappa shape index (κ3) is 5.21. The van der Waals surface area contributed by atoms with E-state index in [2.05, 4.69) is 25.8 Å². The van der Waals surface area contributed by atoms with Crippen molar-refractivity contribution in [1.29, 1.82) is 5.26 Å². The maximum atomic E-state index is 9.80. The van der Waals surface area contributed by atoms with Crippen molar-refractivity contribution < 1.29 is 14.6 Å². The molecule has 3 N–H and O–H groups in total. The maximum Gasteiger partial charge on any atom is 0.224 e. The molecule has 3 aromatic rings. The number of β-amino-alcohol motifs (C(OH)–C–C–N with tert-alkyl or cyclic N) is 1. The predicted molar refractivity (Wildman–Crippen MR) is 140 cm³/mol. The molecule has 9 heteroatoms. The highest BCUT2D eigenvalue weighted by atomic mass is 16.5. The van der Waals surface area contributed by atoms with Gasteiger partial charge in [-0.3, -0.25) is 4.90 Å². The number of aryl methyl sites for hydroxylation is 2. The molecule has 9 nitrogen and oxygen atoms in total. The van der Waals surface area contributed by atoms with Gasteiger partial charge in [0.15, 0.2) is 0 Å². The normalized spacial score (nSPS) is 17.7. The van der Waals surface area contributed by atoms with Gasteiger partial charge >= 0.3 is 0 Å². The van der Waals surface area contributed by atoms with Crippen molar-refractivity contribution >= 4 is 5.82 Å². The molecular weight excluding hydrogens is 468 g/mol. The highest BCUT2D eigenvalue weighted by Gasteiger charge is 2.31. The second-order valence-corrected chi connectivity index (χ2v) is 9.30. The molecule has 1 atom stereocenters. The van der Waals surface area contributed by atoms with Gasteiger partial charge in [-0.1, -0.05) is 35.9 Å². The molecule has 2 aliphatic rings. The molecule has 0 radical (unpaired) electrons. The zero-order valence-electron chi connectivity index (χ0n) is 21.0. The van der Waals surface area contributed by atoms with Gasteiger partial charge in [0.2, 0.25) is 11.8 Å². The molecular formula is C28H30N6O3. The lowest BCUT2D eigenvalue weighted by molar-refractivity contribution is 0.188. The minimum atomic E-state index is -0.319. The number of hydrogen-bond acceptors (Lipinski definition) is 9. The minimum Gasteiger partial charge on any atom is -0.440 e. The molecule has 1 unspecified atom stereocenters. The van der Waals surface area contributed by atoms with Crippen LogP contribution in [0, 0.1) is 25.2 Å². The number of aliphatic hydroxyl groups excluding tert-OH is 1. The summed E-state index contributed by atoms with van der Waals surface area (Å²) in [4.78, 5) is 13.5. The van der Waals surface area contributed by atoms with Crippen LogP contribution in [0.5, 0.6) is 17.4 Å². The Morgan fingerprint density at radius 1 is 1.08 bits per heavy atom. The first kappa shape index (κ1) is 24.6. The lowest BCUT2D eigenvalue weighted by Crippen LogP contribution is -2.47. The number of allylic oxidation sites excluding steroid dienone is 1. The molecule has 2 aliphatic heterocycles. The average Bonchev–Trinajstić information content (AvgIpc) is 2.89. The average molecular weight is 499 g/mol. The highest BCUT2D eigenvalue weighted by Crippen LogP contribution is 2.43. The van der Waals surface area contributed by atoms with Crippen molar-refractivity contribution in [3.63, 3.8) is 0 Å². The van der Waals surface area contributed by atoms with Crippen LogP contribution in [-0.2, 0) is 0 Å². The number of anilines is 1. The number of benzene rings is 2. The molecule has 5 rings (SSSR count). The third-order valence-corrected chi connectivity index (χ3v) is 6.74. The van der Waals surface area contributed by atoms with E-state index >= 15 is 0 Å². The van der Waals surface area contributed by atoms with Gasteiger partial charge in [0, 0.05) is 50.4 Å². The van der Waals surface area contributed by atoms with Crippen LogP contribution in [0.1, 0.15) is 28.4 Å². The van der Waals surface area contributed by atoms with Crippen molar-refractivity contribution in [2.24, 2.45) is 5.73 Å². The third-order valence-electron chi connectivity index (χ3n) is 6.74. The molecule has 0 amide bonds. The Labute approximate surface area is 216 Å². The second kappa shape index (κ2) is 10.5. The molecule has 2 aromatic carbocycles. The second-order valence-electron chi connectivity index (χ2n) is 9.30. The standard InChI is InChI=1S/C28H30N6O3/c1-18-3-5-20(6-4-18)27-22-8-7-21(15-24(22)37-28(30)23(27)17-29)36-26-16-25(31-19(2)32-26)34-11-9-33(10-12-34)13-14-35/h3-8,15-16,27,35H,9-14,30H2,1-2H3. The molecule has 0 bridgehead atoms. The van der Waals surface area contributed by atoms with Gasteiger partial charge in [0.25, 0.3) is 0 Å². The Hall–Kier alpha value is -4.13. The largest absolute Gasteiger partial charge is 0.440 e. The number of nitrogens with two attached hydrogens (primary N) is 1. The fourth-order valence-electron chi connectivity index (χ4n) is 4.80. The number of aromatic nitrogens is 2. The number of piperazine rings is 1. The van der Waals surface area contributed by atoms with Gasteiger partial charge in [-0.05, 0) is 25.5 Å². The Morgan fingerprint density at radius 3 is 2.54 bits per heavy atom. The van der Waals surface area contributed by atoms with E-state index in [4.69, 9.17) is 15.2 Å². The summed E-state index contributed by atoms with van der Waals surface area (Å²) >= 11 is 0. The van der Waals surface area contributed by atoms with E-state index in [0.29, 0.717) is 35.3 Å². The molecule has 1 aromatic heterocycles. The molecule has 37 heavy (non-hydrogen) atoms. The van der Waals surface area contributed by atoms with Crippen LogP contribution in [0.4, 0.5) is 5.82 Å². The summed E-state index contributed by atoms with van der Waals surface area (Å²) in [7, 11) is 0. The lowest BCUT2D eigenvalue weighted by Gasteiger charge is -2.35. The smallest absolute Gasteiger partial charge is 0.224 e. The van der Waals surface area contributed by atoms with Crippen molar-refractivity contribution in [3.05, 3.63) is 82.5 Å². The molecule has 190 valence electrons. The monoisotopic (exact) mass is 498 g/mol. The maximum absolute atomic E-state index is 9.80. The fraction of sp³-hybridized carbons (Fsp3) is 0.321. The van der Waals surface area contributed by atoms with Crippen LogP contribution < -0.4 is 20.1 Å². The Kier molecular flexibility index (Phi) is 6.95. The first-order valence-corrected chi connectivity index (χ1v) is 12.3. The Bertz CT molecular complexity index is 1360. The summed E-state index contributed by atoms with van der Waals surface area (Å²) in [5.74, 6) is 2.74. The zero-order chi connectivity index (χ0) is 25.9. The first-order valence-electron chi connectivity index (χ1n) is 12.3. The van der Waals surface area contributed by atoms with Gasteiger partial charge in [-0.15, -0.1) is 0 Å². The van der Waals surface area contributed by atoms with Crippen LogP contribution in [-0.4, -0.2) is 59.3 Å². The van der Waals surface area contributed by atoms with E-state index in [1.54, 1.807) is 6.07 Å². The molecule has 0 spiro atoms. The zero-order valence-corrected chi connectivity index (χ0v) is 21.0. The number of nitrogens with zero attached hydrogens (tertiary/aromatic N) is 5. The van der Waals surface area contributed by atoms with Crippen LogP contribution in [0.15, 0.2) is 60.0 Å². The van der Waals surface area contributed by atoms with Gasteiger partial charge in [-0.2, -0.15) is 10.2 Å². The van der Waals surface area contributed by atoms with E-state index < -0.39 is 0 Å². The number of nitriles is 1. The predicted octanol–water partition coefficient (Wildman–Crippen LogP) is 3.22. The van der Waals surface area contributed by atoms with E-state index in [-0.39, 0.29) is 18.4 Å². The van der Waals surface area contributed by atoms with E-state index in [1.165, 1.54) is 0 Å². The number of aliphatic hydroxyl groups is 1. The molecule has 0 saturated carbocycles. The summed E-state index contributed by atoms with van der Waals surface area (Å²) < 4.78 is 12.0. The number of rotatable bonds is 6. The highest BCUT2D eigenvalue weighted by molar-refractivity contribution is 5.57. The molecule has 1 saturated heterocycles. The summed E-state index contributed by atoms with van der Waals surface area (Å²) in [6.45, 7) is 8.08. The van der Waals surface area contributed by atoms with Gasteiger partial charge in [-0.25, -0.2) is 4.98 Å². The SMILES string of the molecule is Cc1ccc(C2C(C#N)=C(N)Oc3cc(Oc4cc(N5CCN(CCO)CC5)nc(C)n4)ccc32)cc1. The lowest BCUT2D eigenvalue weighted by atomic mass is 9.83. The van der Waals surface area contributed by atoms with Crippen molar-refractivity contribution in [2.75, 3.05) is 44.2 Å². The van der Waals surface area contributed by atoms with Crippen LogP contribution >= 0.6 is 0 Å². The van der Waals surface area contributed by atoms with Crippen LogP contribution in [0.25, 0.3) is 0 Å². The molecule has 0 aliphatic carbocycles. The quantitative estimate of drug-likeness (QED) is 0.528. The first-order chi connectivity index (χ1) is 17.9. The van der Waals surface area contributed by atoms with Gasteiger partial charge in [0.1, 0.15) is 34.8 Å². The van der Waals surface area contributed by atoms with Crippen LogP contribution in [0.2, 0.25) is 0 Å². The molecule has 1 fully saturated rings. The Morgan fingerprint density at radius 2 is 1.84 bits per heavy atom. The van der Waals surface area contributed by atoms with Crippen molar-refractivity contribution in [3.8, 4) is 23.4 Å². The van der Waals surface area contributed by atoms with E-state index in [9.17, 15) is 10.4 Å². The van der Waals surface area contributed by atoms with Crippen molar-refractivity contribution in [2.45, 2.75) is 19.8 Å². The number of ether oxygens (including phenoxy) is 2. The number of fused-ring (bicyclic) bond motifs is 1. The van der Waals surface area contributed by atoms with Crippen molar-refractivity contribution in [1.82, 2.24) is 14.9 Å². The number of hydrogen-bond donors (Lipinski definition) is 2. The summed E-state index contributed by atoms with van der Waals surface area (Å²) in [6, 6.07) is 17.7. The summed E-state index contributed by atoms with van der Waals surface area (Å²) in [5, 5.41) is 19.0. The summed E-state index contributed by atoms with van der Waals surface area (Å²) in [5.41, 5.74) is 9.52. The van der Waals surface area contributed by atoms with E-state index in [1.807, 2.05) is 56.3 Å². The fourth-order valence-corrected chi connectivity index (χ4v) is 4.80. The van der Waals surface area contributed by atoms with Gasteiger partial charge in [0.05, 0.1) is 12.5 Å². The molecule has 3 heterocycles.